The van der Waals surface area contributed by atoms with Gasteiger partial charge in [-0.05, 0) is 99.4 Å². The van der Waals surface area contributed by atoms with Crippen LogP contribution in [-0.4, -0.2) is 62.7 Å². The van der Waals surface area contributed by atoms with Crippen LogP contribution in [0.25, 0.3) is 6.08 Å². The highest BCUT2D eigenvalue weighted by Crippen LogP contribution is 2.31. The normalized spacial score (nSPS) is 15.4. The van der Waals surface area contributed by atoms with Gasteiger partial charge in [0.25, 0.3) is 0 Å². The number of sulfonamides is 1. The van der Waals surface area contributed by atoms with E-state index in [2.05, 4.69) is 4.90 Å². The Kier molecular flexibility index (Phi) is 10.2. The van der Waals surface area contributed by atoms with Gasteiger partial charge in [0.05, 0.1) is 17.1 Å². The maximum atomic E-state index is 13.0. The van der Waals surface area contributed by atoms with E-state index in [4.69, 9.17) is 4.74 Å². The highest BCUT2D eigenvalue weighted by molar-refractivity contribution is 7.89. The molecule has 3 aromatic carbocycles. The fourth-order valence-electron chi connectivity index (χ4n) is 4.82. The van der Waals surface area contributed by atoms with Crippen LogP contribution in [0, 0.1) is 6.92 Å². The summed E-state index contributed by atoms with van der Waals surface area (Å²) in [5.74, 6) is 0.603. The van der Waals surface area contributed by atoms with E-state index in [1.54, 1.807) is 36.4 Å². The zero-order valence-corrected chi connectivity index (χ0v) is 24.5. The lowest BCUT2D eigenvalue weighted by molar-refractivity contribution is -0.137. The van der Waals surface area contributed by atoms with Gasteiger partial charge >= 0.3 is 6.18 Å². The first-order chi connectivity index (χ1) is 19.9. The lowest BCUT2D eigenvalue weighted by Gasteiger charge is -2.36. The third-order valence-electron chi connectivity index (χ3n) is 7.46. The topological polar surface area (TPSA) is 66.9 Å². The van der Waals surface area contributed by atoms with E-state index in [-0.39, 0.29) is 16.7 Å². The minimum atomic E-state index is -4.52. The van der Waals surface area contributed by atoms with Crippen LogP contribution in [0.3, 0.4) is 0 Å². The van der Waals surface area contributed by atoms with E-state index in [1.165, 1.54) is 11.4 Å². The molecule has 0 amide bonds. The summed E-state index contributed by atoms with van der Waals surface area (Å²) in [6.07, 6.45) is 0.883. The molecule has 0 radical (unpaired) electrons. The van der Waals surface area contributed by atoms with Crippen molar-refractivity contribution in [1.82, 2.24) is 9.21 Å². The van der Waals surface area contributed by atoms with Crippen molar-refractivity contribution in [2.45, 2.75) is 43.3 Å². The molecule has 0 bridgehead atoms. The number of hydrogen-bond donors (Lipinski definition) is 0. The highest BCUT2D eigenvalue weighted by Gasteiger charge is 2.33. The number of allylic oxidation sites excluding steroid dienone is 1. The molecule has 1 saturated heterocycles. The van der Waals surface area contributed by atoms with Crippen molar-refractivity contribution in [1.29, 1.82) is 0 Å². The summed E-state index contributed by atoms with van der Waals surface area (Å²) in [5.41, 5.74) is 1.83. The van der Waals surface area contributed by atoms with Gasteiger partial charge in [-0.3, -0.25) is 4.79 Å². The number of likely N-dealkylation sites (tertiary alicyclic amines) is 1. The smallest absolute Gasteiger partial charge is 0.416 e. The maximum absolute atomic E-state index is 13.0. The second-order valence-corrected chi connectivity index (χ2v) is 12.4. The number of ketones is 1. The molecule has 42 heavy (non-hydrogen) atoms. The minimum absolute atomic E-state index is 0.0802. The quantitative estimate of drug-likeness (QED) is 0.144. The first-order valence-electron chi connectivity index (χ1n) is 13.8. The van der Waals surface area contributed by atoms with Gasteiger partial charge in [-0.25, -0.2) is 8.42 Å². The first kappa shape index (κ1) is 31.5. The Labute approximate surface area is 245 Å². The predicted octanol–water partition coefficient (Wildman–Crippen LogP) is 6.46. The molecule has 1 heterocycles. The van der Waals surface area contributed by atoms with Gasteiger partial charge in [-0.1, -0.05) is 35.9 Å². The Morgan fingerprint density at radius 3 is 2.19 bits per heavy atom. The number of rotatable bonds is 11. The molecule has 6 nitrogen and oxygen atoms in total. The van der Waals surface area contributed by atoms with Crippen molar-refractivity contribution < 1.29 is 31.1 Å². The summed E-state index contributed by atoms with van der Waals surface area (Å²) in [5, 5.41) is 0. The van der Waals surface area contributed by atoms with E-state index in [9.17, 15) is 26.4 Å². The van der Waals surface area contributed by atoms with Crippen LogP contribution in [0.1, 0.15) is 46.3 Å². The van der Waals surface area contributed by atoms with E-state index < -0.39 is 21.8 Å². The molecule has 4 rings (SSSR count). The van der Waals surface area contributed by atoms with Crippen LogP contribution < -0.4 is 4.74 Å². The van der Waals surface area contributed by atoms with Crippen LogP contribution in [0.4, 0.5) is 13.2 Å². The number of aryl methyl sites for hydroxylation is 1. The third-order valence-corrected chi connectivity index (χ3v) is 9.38. The van der Waals surface area contributed by atoms with Crippen LogP contribution in [-0.2, 0) is 16.2 Å². The number of ether oxygens (including phenoxy) is 1. The van der Waals surface area contributed by atoms with E-state index >= 15 is 0 Å². The molecule has 0 atom stereocenters. The first-order valence-corrected chi connectivity index (χ1v) is 15.3. The van der Waals surface area contributed by atoms with Gasteiger partial charge in [0.2, 0.25) is 10.0 Å². The lowest BCUT2D eigenvalue weighted by Crippen LogP contribution is -2.45. The second-order valence-electron chi connectivity index (χ2n) is 10.5. The van der Waals surface area contributed by atoms with Crippen molar-refractivity contribution in [3.05, 3.63) is 101 Å². The number of halogens is 3. The molecular formula is C32H35F3N2O4S. The molecule has 0 saturated carbocycles. The molecule has 0 N–H and O–H groups in total. The van der Waals surface area contributed by atoms with Crippen LogP contribution >= 0.6 is 0 Å². The molecule has 0 unspecified atom stereocenters. The number of carbonyl (C=O) groups is 1. The summed E-state index contributed by atoms with van der Waals surface area (Å²) < 4.78 is 71.6. The number of benzene rings is 3. The Balaban J connectivity index is 1.17. The average molecular weight is 601 g/mol. The fourth-order valence-corrected chi connectivity index (χ4v) is 6.24. The number of nitrogens with zero attached hydrogens (tertiary/aromatic N) is 2. The van der Waals surface area contributed by atoms with Crippen molar-refractivity contribution in [3.8, 4) is 5.75 Å². The molecule has 10 heteroatoms. The third kappa shape index (κ3) is 8.30. The highest BCUT2D eigenvalue weighted by atomic mass is 32.2. The van der Waals surface area contributed by atoms with Gasteiger partial charge in [0, 0.05) is 25.2 Å². The zero-order valence-electron chi connectivity index (χ0n) is 23.7. The number of hydrogen-bond acceptors (Lipinski definition) is 5. The predicted molar refractivity (Wildman–Crippen MR) is 157 cm³/mol. The number of alkyl halides is 3. The van der Waals surface area contributed by atoms with Gasteiger partial charge in [0.15, 0.2) is 5.78 Å². The molecule has 0 spiro atoms. The van der Waals surface area contributed by atoms with Crippen molar-refractivity contribution in [2.75, 3.05) is 33.3 Å². The van der Waals surface area contributed by atoms with Crippen LogP contribution in [0.2, 0.25) is 0 Å². The van der Waals surface area contributed by atoms with E-state index in [0.29, 0.717) is 43.9 Å². The number of carbonyl (C=O) groups excluding carboxylic acids is 1. The Morgan fingerprint density at radius 2 is 1.60 bits per heavy atom. The summed E-state index contributed by atoms with van der Waals surface area (Å²) in [7, 11) is -2.41. The Bertz CT molecular complexity index is 1460. The molecule has 1 aliphatic heterocycles. The average Bonchev–Trinajstić information content (AvgIpc) is 2.98. The van der Waals surface area contributed by atoms with Gasteiger partial charge in [0.1, 0.15) is 5.75 Å². The summed E-state index contributed by atoms with van der Waals surface area (Å²) in [6.45, 7) is 4.74. The molecule has 1 aliphatic rings. The zero-order chi connectivity index (χ0) is 30.3. The summed E-state index contributed by atoms with van der Waals surface area (Å²) in [4.78, 5) is 14.6. The lowest BCUT2D eigenvalue weighted by atomic mass is 10.1. The molecular weight excluding hydrogens is 565 g/mol. The molecule has 0 aliphatic carbocycles. The van der Waals surface area contributed by atoms with Gasteiger partial charge < -0.3 is 9.64 Å². The van der Waals surface area contributed by atoms with Crippen molar-refractivity contribution >= 4 is 21.9 Å². The fraction of sp³-hybridized carbons (Fsp3) is 0.344. The van der Waals surface area contributed by atoms with E-state index in [0.717, 1.165) is 48.4 Å². The molecule has 1 fully saturated rings. The number of piperidine rings is 1. The Morgan fingerprint density at radius 1 is 0.976 bits per heavy atom. The van der Waals surface area contributed by atoms with Gasteiger partial charge in [-0.2, -0.15) is 17.5 Å². The molecule has 0 aromatic heterocycles. The second kappa shape index (κ2) is 13.7. The monoisotopic (exact) mass is 600 g/mol. The Hall–Kier alpha value is -3.47. The van der Waals surface area contributed by atoms with Crippen molar-refractivity contribution in [2.24, 2.45) is 0 Å². The van der Waals surface area contributed by atoms with Gasteiger partial charge in [-0.15, -0.1) is 0 Å². The summed E-state index contributed by atoms with van der Waals surface area (Å²) >= 11 is 0. The van der Waals surface area contributed by atoms with E-state index in [1.807, 2.05) is 31.2 Å². The van der Waals surface area contributed by atoms with Crippen LogP contribution in [0.5, 0.6) is 5.75 Å². The standard InChI is InChI=1S/C32H35F3N2O4S/c1-24-4-6-25(7-5-24)8-17-31(38)26-9-13-29(14-10-26)41-23-3-20-37-21-18-28(19-22-37)36(2)42(39,40)30-15-11-27(12-16-30)32(33,34)35/h4-17,28H,3,18-23H2,1-2H3/b17-8+. The molecule has 224 valence electrons. The van der Waals surface area contributed by atoms with Crippen LogP contribution in [0.15, 0.2) is 83.8 Å². The maximum Gasteiger partial charge on any atom is 0.416 e. The SMILES string of the molecule is Cc1ccc(/C=C/C(=O)c2ccc(OCCCN3CCC(N(C)S(=O)(=O)c4ccc(C(F)(F)F)cc4)CC3)cc2)cc1. The van der Waals surface area contributed by atoms with Crippen molar-refractivity contribution in [3.63, 3.8) is 0 Å². The summed E-state index contributed by atoms with van der Waals surface area (Å²) in [6, 6.07) is 18.4. The molecule has 3 aromatic rings. The largest absolute Gasteiger partial charge is 0.494 e. The minimum Gasteiger partial charge on any atom is -0.494 e.